The van der Waals surface area contributed by atoms with Gasteiger partial charge in [-0.15, -0.1) is 0 Å². The maximum absolute atomic E-state index is 11.7. The Kier molecular flexibility index (Phi) is 4.07. The molecule has 94 valence electrons. The Bertz CT molecular complexity index is 542. The number of hydrogen-bond acceptors (Lipinski definition) is 4. The number of rotatable bonds is 3. The zero-order chi connectivity index (χ0) is 13.2. The van der Waals surface area contributed by atoms with Crippen molar-refractivity contribution in [3.05, 3.63) is 28.5 Å². The predicted octanol–water partition coefficient (Wildman–Crippen LogP) is 0.580. The van der Waals surface area contributed by atoms with Crippen molar-refractivity contribution in [2.75, 3.05) is 14.1 Å². The number of amides is 1. The first-order valence-corrected chi connectivity index (χ1v) is 6.42. The second-order valence-electron chi connectivity index (χ2n) is 3.54. The Morgan fingerprint density at radius 2 is 2.06 bits per heavy atom. The topological polar surface area (TPSA) is 79.4 Å². The summed E-state index contributed by atoms with van der Waals surface area (Å²) in [7, 11) is -1.16. The van der Waals surface area contributed by atoms with E-state index in [0.717, 1.165) is 4.31 Å². The highest BCUT2D eigenvalue weighted by molar-refractivity contribution is 7.87. The lowest BCUT2D eigenvalue weighted by atomic mass is 10.1. The molecule has 0 aromatic carbocycles. The van der Waals surface area contributed by atoms with Crippen LogP contribution in [-0.2, 0) is 10.2 Å². The van der Waals surface area contributed by atoms with Crippen LogP contribution >= 0.6 is 11.6 Å². The lowest BCUT2D eigenvalue weighted by Crippen LogP contribution is -2.39. The van der Waals surface area contributed by atoms with E-state index in [1.54, 1.807) is 6.92 Å². The van der Waals surface area contributed by atoms with Gasteiger partial charge in [0, 0.05) is 25.9 Å². The monoisotopic (exact) mass is 277 g/mol. The zero-order valence-corrected chi connectivity index (χ0v) is 11.1. The summed E-state index contributed by atoms with van der Waals surface area (Å²) in [5, 5.41) is 0.128. The summed E-state index contributed by atoms with van der Waals surface area (Å²) in [6, 6.07) is 1.32. The second-order valence-corrected chi connectivity index (χ2v) is 5.81. The van der Waals surface area contributed by atoms with Gasteiger partial charge in [-0.2, -0.15) is 12.7 Å². The van der Waals surface area contributed by atoms with E-state index in [2.05, 4.69) is 4.98 Å². The van der Waals surface area contributed by atoms with Gasteiger partial charge in [0.1, 0.15) is 5.15 Å². The molecule has 0 atom stereocenters. The van der Waals surface area contributed by atoms with Crippen LogP contribution in [0.5, 0.6) is 0 Å². The van der Waals surface area contributed by atoms with Crippen LogP contribution in [0.25, 0.3) is 0 Å². The van der Waals surface area contributed by atoms with Gasteiger partial charge in [-0.1, -0.05) is 11.6 Å². The molecule has 0 bridgehead atoms. The first-order valence-electron chi connectivity index (χ1n) is 4.61. The molecule has 0 spiro atoms. The largest absolute Gasteiger partial charge is 0.303 e. The van der Waals surface area contributed by atoms with E-state index in [0.29, 0.717) is 5.56 Å². The molecule has 8 heteroatoms. The summed E-state index contributed by atoms with van der Waals surface area (Å²) in [5.74, 6) is -0.736. The van der Waals surface area contributed by atoms with Crippen molar-refractivity contribution in [2.45, 2.75) is 6.92 Å². The van der Waals surface area contributed by atoms with Crippen molar-refractivity contribution in [3.63, 3.8) is 0 Å². The summed E-state index contributed by atoms with van der Waals surface area (Å²) in [4.78, 5) is 15.5. The molecule has 0 aliphatic rings. The number of halogens is 1. The minimum atomic E-state index is -3.80. The zero-order valence-electron chi connectivity index (χ0n) is 9.56. The highest BCUT2D eigenvalue weighted by Crippen LogP contribution is 2.12. The summed E-state index contributed by atoms with van der Waals surface area (Å²) in [5.41, 5.74) is 0.719. The standard InChI is InChI=1S/C9H12ClN3O3S/c1-6-5-11-8(10)4-7(6)9(14)12-17(15,16)13(2)3/h4-5H,1-3H3,(H,12,14). The maximum Gasteiger partial charge on any atom is 0.303 e. The van der Waals surface area contributed by atoms with E-state index < -0.39 is 16.1 Å². The molecular weight excluding hydrogens is 266 g/mol. The number of carbonyl (C=O) groups is 1. The lowest BCUT2D eigenvalue weighted by molar-refractivity contribution is 0.0979. The molecule has 6 nitrogen and oxygen atoms in total. The first kappa shape index (κ1) is 13.9. The van der Waals surface area contributed by atoms with Gasteiger partial charge in [0.25, 0.3) is 5.91 Å². The molecule has 0 unspecified atom stereocenters. The quantitative estimate of drug-likeness (QED) is 0.820. The van der Waals surface area contributed by atoms with Crippen LogP contribution in [0.4, 0.5) is 0 Å². The average Bonchev–Trinajstić information content (AvgIpc) is 2.20. The molecule has 0 fully saturated rings. The molecule has 1 heterocycles. The third-order valence-electron chi connectivity index (χ3n) is 2.02. The van der Waals surface area contributed by atoms with Crippen molar-refractivity contribution in [3.8, 4) is 0 Å². The van der Waals surface area contributed by atoms with Crippen LogP contribution in [0.1, 0.15) is 15.9 Å². The molecule has 0 aliphatic heterocycles. The van der Waals surface area contributed by atoms with E-state index >= 15 is 0 Å². The number of pyridine rings is 1. The van der Waals surface area contributed by atoms with Gasteiger partial charge in [-0.3, -0.25) is 4.79 Å². The minimum absolute atomic E-state index is 0.128. The number of carbonyl (C=O) groups excluding carboxylic acids is 1. The van der Waals surface area contributed by atoms with Gasteiger partial charge in [-0.25, -0.2) is 9.71 Å². The van der Waals surface area contributed by atoms with Gasteiger partial charge < -0.3 is 0 Å². The van der Waals surface area contributed by atoms with Crippen molar-refractivity contribution < 1.29 is 13.2 Å². The number of nitrogens with zero attached hydrogens (tertiary/aromatic N) is 2. The summed E-state index contributed by atoms with van der Waals surface area (Å²) in [6.45, 7) is 1.64. The highest BCUT2D eigenvalue weighted by atomic mass is 35.5. The molecule has 1 aromatic heterocycles. The molecule has 0 aliphatic carbocycles. The Hall–Kier alpha value is -1.18. The molecule has 1 aromatic rings. The van der Waals surface area contributed by atoms with E-state index in [1.807, 2.05) is 4.72 Å². The van der Waals surface area contributed by atoms with Crippen LogP contribution in [0.2, 0.25) is 5.15 Å². The van der Waals surface area contributed by atoms with E-state index in [-0.39, 0.29) is 10.7 Å². The Morgan fingerprint density at radius 3 is 2.59 bits per heavy atom. The average molecular weight is 278 g/mol. The van der Waals surface area contributed by atoms with Crippen molar-refractivity contribution in [1.29, 1.82) is 0 Å². The van der Waals surface area contributed by atoms with Gasteiger partial charge in [-0.05, 0) is 18.6 Å². The Balaban J connectivity index is 3.03. The predicted molar refractivity (Wildman–Crippen MR) is 64.1 cm³/mol. The SMILES string of the molecule is Cc1cnc(Cl)cc1C(=O)NS(=O)(=O)N(C)C. The molecule has 17 heavy (non-hydrogen) atoms. The summed E-state index contributed by atoms with van der Waals surface area (Å²) < 4.78 is 25.7. The number of hydrogen-bond donors (Lipinski definition) is 1. The summed E-state index contributed by atoms with van der Waals surface area (Å²) in [6.07, 6.45) is 1.40. The maximum atomic E-state index is 11.7. The van der Waals surface area contributed by atoms with Crippen molar-refractivity contribution >= 4 is 27.7 Å². The molecule has 1 rings (SSSR count). The molecular formula is C9H12ClN3O3S. The summed E-state index contributed by atoms with van der Waals surface area (Å²) >= 11 is 5.64. The molecule has 0 saturated heterocycles. The normalized spacial score (nSPS) is 11.6. The molecule has 0 saturated carbocycles. The molecule has 0 radical (unpaired) electrons. The van der Waals surface area contributed by atoms with Crippen LogP contribution < -0.4 is 4.72 Å². The third-order valence-corrected chi connectivity index (χ3v) is 3.63. The fourth-order valence-corrected chi connectivity index (χ4v) is 1.69. The fraction of sp³-hybridized carbons (Fsp3) is 0.333. The number of aromatic nitrogens is 1. The fourth-order valence-electron chi connectivity index (χ4n) is 1.01. The molecule has 1 N–H and O–H groups in total. The first-order chi connectivity index (χ1) is 7.74. The highest BCUT2D eigenvalue weighted by Gasteiger charge is 2.19. The van der Waals surface area contributed by atoms with E-state index in [9.17, 15) is 13.2 Å². The van der Waals surface area contributed by atoms with Crippen molar-refractivity contribution in [1.82, 2.24) is 14.0 Å². The number of nitrogens with one attached hydrogen (secondary N) is 1. The number of aryl methyl sites for hydroxylation is 1. The van der Waals surface area contributed by atoms with Gasteiger partial charge in [0.05, 0.1) is 0 Å². The van der Waals surface area contributed by atoms with Gasteiger partial charge in [0.2, 0.25) is 0 Å². The van der Waals surface area contributed by atoms with Crippen LogP contribution in [0.15, 0.2) is 12.3 Å². The molecule has 1 amide bonds. The smallest absolute Gasteiger partial charge is 0.268 e. The minimum Gasteiger partial charge on any atom is -0.268 e. The Morgan fingerprint density at radius 1 is 1.47 bits per heavy atom. The third kappa shape index (κ3) is 3.39. The van der Waals surface area contributed by atoms with Crippen LogP contribution in [0, 0.1) is 6.92 Å². The Labute approximate surface area is 105 Å². The lowest BCUT2D eigenvalue weighted by Gasteiger charge is -2.13. The van der Waals surface area contributed by atoms with Gasteiger partial charge in [0.15, 0.2) is 0 Å². The van der Waals surface area contributed by atoms with E-state index in [4.69, 9.17) is 11.6 Å². The van der Waals surface area contributed by atoms with Crippen LogP contribution in [0.3, 0.4) is 0 Å². The van der Waals surface area contributed by atoms with Crippen molar-refractivity contribution in [2.24, 2.45) is 0 Å². The van der Waals surface area contributed by atoms with E-state index in [1.165, 1.54) is 26.4 Å². The second kappa shape index (κ2) is 4.99. The van der Waals surface area contributed by atoms with Crippen LogP contribution in [-0.4, -0.2) is 37.7 Å². The van der Waals surface area contributed by atoms with Gasteiger partial charge >= 0.3 is 10.2 Å².